The average Bonchev–Trinajstić information content (AvgIpc) is 3.38. The summed E-state index contributed by atoms with van der Waals surface area (Å²) in [4.78, 5) is 49.6. The van der Waals surface area contributed by atoms with E-state index in [1.807, 2.05) is 50.8 Å². The first-order chi connectivity index (χ1) is 23.3. The quantitative estimate of drug-likeness (QED) is 0.396. The van der Waals surface area contributed by atoms with Crippen molar-refractivity contribution in [2.75, 3.05) is 58.2 Å². The molecule has 3 fully saturated rings. The molecule has 1 atom stereocenters. The van der Waals surface area contributed by atoms with Crippen molar-refractivity contribution in [3.8, 4) is 0 Å². The fraction of sp³-hybridized carbons (Fsp3) is 0.579. The normalized spacial score (nSPS) is 21.2. The highest BCUT2D eigenvalue weighted by Crippen LogP contribution is 2.33. The maximum atomic E-state index is 14.2. The molecule has 0 aliphatic carbocycles. The average molecular weight is 654 g/mol. The molecule has 7 rings (SSSR count). The van der Waals surface area contributed by atoms with Crippen molar-refractivity contribution in [3.05, 3.63) is 59.8 Å². The van der Waals surface area contributed by atoms with Gasteiger partial charge in [-0.2, -0.15) is 5.10 Å². The molecule has 48 heavy (non-hydrogen) atoms. The van der Waals surface area contributed by atoms with E-state index in [4.69, 9.17) is 0 Å². The number of anilines is 1. The van der Waals surface area contributed by atoms with Gasteiger partial charge in [0.15, 0.2) is 0 Å². The lowest BCUT2D eigenvalue weighted by molar-refractivity contribution is -0.143. The molecule has 256 valence electrons. The number of carbonyl (C=O) groups is 3. The van der Waals surface area contributed by atoms with Crippen LogP contribution in [0.25, 0.3) is 10.9 Å². The third kappa shape index (κ3) is 7.09. The Morgan fingerprint density at radius 1 is 0.854 bits per heavy atom. The van der Waals surface area contributed by atoms with Crippen molar-refractivity contribution in [1.29, 1.82) is 0 Å². The van der Waals surface area contributed by atoms with Gasteiger partial charge in [0.2, 0.25) is 11.8 Å². The van der Waals surface area contributed by atoms with Crippen LogP contribution < -0.4 is 5.32 Å². The summed E-state index contributed by atoms with van der Waals surface area (Å²) in [6.45, 7) is 5.80. The largest absolute Gasteiger partial charge is 0.343 e. The zero-order valence-corrected chi connectivity index (χ0v) is 28.6. The van der Waals surface area contributed by atoms with E-state index in [0.717, 1.165) is 78.8 Å². The molecule has 10 nitrogen and oxygen atoms in total. The highest BCUT2D eigenvalue weighted by atomic mass is 16.2. The molecule has 2 aromatic carbocycles. The first-order valence-electron chi connectivity index (χ1n) is 18.1. The number of urea groups is 1. The molecule has 0 radical (unpaired) electrons. The van der Waals surface area contributed by atoms with E-state index < -0.39 is 5.92 Å². The maximum Gasteiger partial charge on any atom is 0.322 e. The number of likely N-dealkylation sites (tertiary alicyclic amines) is 3. The molecule has 1 aromatic heterocycles. The number of aromatic nitrogens is 2. The fourth-order valence-electron chi connectivity index (χ4n) is 8.73. The Labute approximate surface area is 284 Å². The van der Waals surface area contributed by atoms with Crippen molar-refractivity contribution >= 4 is 34.4 Å². The molecular formula is C38H51N7O3. The van der Waals surface area contributed by atoms with Gasteiger partial charge in [-0.05, 0) is 113 Å². The third-order valence-corrected chi connectivity index (χ3v) is 11.7. The summed E-state index contributed by atoms with van der Waals surface area (Å²) in [5.74, 6) is 1.22. The molecule has 0 saturated carbocycles. The van der Waals surface area contributed by atoms with Crippen LogP contribution in [0.15, 0.2) is 48.7 Å². The number of hydrogen-bond donors (Lipinski definition) is 1. The number of aryl methyl sites for hydroxylation is 1. The van der Waals surface area contributed by atoms with E-state index >= 15 is 0 Å². The molecule has 5 heterocycles. The molecule has 3 saturated heterocycles. The van der Waals surface area contributed by atoms with E-state index in [0.29, 0.717) is 32.0 Å². The second-order valence-corrected chi connectivity index (χ2v) is 14.7. The van der Waals surface area contributed by atoms with E-state index in [9.17, 15) is 14.4 Å². The maximum absolute atomic E-state index is 14.2. The summed E-state index contributed by atoms with van der Waals surface area (Å²) in [5, 5.41) is 8.53. The Kier molecular flexibility index (Phi) is 9.71. The zero-order valence-electron chi connectivity index (χ0n) is 28.6. The molecule has 4 aliphatic rings. The van der Waals surface area contributed by atoms with Gasteiger partial charge in [-0.25, -0.2) is 4.79 Å². The minimum absolute atomic E-state index is 0.0446. The number of fused-ring (bicyclic) bond motifs is 2. The van der Waals surface area contributed by atoms with Crippen molar-refractivity contribution in [2.45, 2.75) is 63.8 Å². The molecule has 3 aromatic rings. The lowest BCUT2D eigenvalue weighted by atomic mass is 9.78. The van der Waals surface area contributed by atoms with E-state index in [1.54, 1.807) is 0 Å². The van der Waals surface area contributed by atoms with Crippen LogP contribution in [0.1, 0.15) is 56.1 Å². The lowest BCUT2D eigenvalue weighted by Gasteiger charge is -2.40. The third-order valence-electron chi connectivity index (χ3n) is 11.7. The topological polar surface area (TPSA) is 94.0 Å². The number of rotatable bonds is 7. The van der Waals surface area contributed by atoms with Crippen LogP contribution in [-0.4, -0.2) is 106 Å². The molecule has 1 N–H and O–H groups in total. The number of amides is 4. The summed E-state index contributed by atoms with van der Waals surface area (Å²) in [5.41, 5.74) is 4.17. The summed E-state index contributed by atoms with van der Waals surface area (Å²) in [6.07, 6.45) is 9.56. The van der Waals surface area contributed by atoms with Crippen LogP contribution >= 0.6 is 0 Å². The van der Waals surface area contributed by atoms with Crippen molar-refractivity contribution < 1.29 is 14.4 Å². The van der Waals surface area contributed by atoms with Crippen LogP contribution in [0.2, 0.25) is 0 Å². The SMILES string of the molecule is CN1CCC(C2CCN(C(=O)C(CC(=O)N3CCC(N4CCc5ccccc5NC4=O)CC3)Cc3ccc4c(cnn4C)c3)CC2)CC1. The smallest absolute Gasteiger partial charge is 0.322 e. The van der Waals surface area contributed by atoms with E-state index in [-0.39, 0.29) is 30.3 Å². The van der Waals surface area contributed by atoms with Gasteiger partial charge in [0.25, 0.3) is 0 Å². The predicted molar refractivity (Wildman–Crippen MR) is 188 cm³/mol. The van der Waals surface area contributed by atoms with E-state index in [2.05, 4.69) is 46.6 Å². The van der Waals surface area contributed by atoms with Gasteiger partial charge in [-0.15, -0.1) is 0 Å². The van der Waals surface area contributed by atoms with E-state index in [1.165, 1.54) is 25.9 Å². The Balaban J connectivity index is 0.991. The van der Waals surface area contributed by atoms with Crippen LogP contribution in [0.4, 0.5) is 10.5 Å². The van der Waals surface area contributed by atoms with Gasteiger partial charge < -0.3 is 24.9 Å². The first kappa shape index (κ1) is 32.6. The number of hydrogen-bond acceptors (Lipinski definition) is 5. The number of nitrogens with zero attached hydrogens (tertiary/aromatic N) is 6. The molecule has 10 heteroatoms. The van der Waals surface area contributed by atoms with Gasteiger partial charge in [0.05, 0.1) is 17.6 Å². The van der Waals surface area contributed by atoms with Gasteiger partial charge in [-0.1, -0.05) is 24.3 Å². The second kappa shape index (κ2) is 14.3. The molecule has 1 unspecified atom stereocenters. The summed E-state index contributed by atoms with van der Waals surface area (Å²) in [6, 6.07) is 14.3. The standard InChI is InChI=1S/C38H51N7O3/c1-41-16-9-28(10-17-41)29-11-18-44(19-12-29)37(47)31(23-27-7-8-35-32(24-27)26-39-42(35)2)25-36(46)43-20-14-33(15-21-43)45-22-13-30-5-3-4-6-34(30)40-38(45)48/h3-8,24,26,28-29,31,33H,9-23,25H2,1-2H3,(H,40,48). The molecule has 4 aliphatic heterocycles. The highest BCUT2D eigenvalue weighted by molar-refractivity contribution is 5.91. The van der Waals surface area contributed by atoms with Crippen LogP contribution in [-0.2, 0) is 29.5 Å². The Morgan fingerprint density at radius 2 is 1.54 bits per heavy atom. The Hall–Kier alpha value is -3.92. The number of para-hydroxylation sites is 1. The Morgan fingerprint density at radius 3 is 2.29 bits per heavy atom. The van der Waals surface area contributed by atoms with Crippen LogP contribution in [0.5, 0.6) is 0 Å². The molecule has 0 bridgehead atoms. The first-order valence-corrected chi connectivity index (χ1v) is 18.1. The van der Waals surface area contributed by atoms with Gasteiger partial charge in [0.1, 0.15) is 0 Å². The number of piperidine rings is 3. The summed E-state index contributed by atoms with van der Waals surface area (Å²) < 4.78 is 1.86. The van der Waals surface area contributed by atoms with Crippen molar-refractivity contribution in [1.82, 2.24) is 29.4 Å². The monoisotopic (exact) mass is 653 g/mol. The highest BCUT2D eigenvalue weighted by Gasteiger charge is 2.36. The van der Waals surface area contributed by atoms with Gasteiger partial charge in [-0.3, -0.25) is 14.3 Å². The minimum Gasteiger partial charge on any atom is -0.343 e. The lowest BCUT2D eigenvalue weighted by Crippen LogP contribution is -2.50. The van der Waals surface area contributed by atoms with Crippen LogP contribution in [0, 0.1) is 17.8 Å². The van der Waals surface area contributed by atoms with Crippen molar-refractivity contribution in [3.63, 3.8) is 0 Å². The molecule has 0 spiro atoms. The van der Waals surface area contributed by atoms with Crippen LogP contribution in [0.3, 0.4) is 0 Å². The summed E-state index contributed by atoms with van der Waals surface area (Å²) in [7, 11) is 4.14. The minimum atomic E-state index is -0.404. The molecule has 4 amide bonds. The number of carbonyl (C=O) groups excluding carboxylic acids is 3. The zero-order chi connectivity index (χ0) is 33.2. The predicted octanol–water partition coefficient (Wildman–Crippen LogP) is 4.78. The summed E-state index contributed by atoms with van der Waals surface area (Å²) >= 11 is 0. The van der Waals surface area contributed by atoms with Gasteiger partial charge >= 0.3 is 6.03 Å². The Bertz CT molecular complexity index is 1610. The molecular weight excluding hydrogens is 602 g/mol. The number of nitrogens with one attached hydrogen (secondary N) is 1. The van der Waals surface area contributed by atoms with Crippen molar-refractivity contribution in [2.24, 2.45) is 24.8 Å². The fourth-order valence-corrected chi connectivity index (χ4v) is 8.73. The van der Waals surface area contributed by atoms with Gasteiger partial charge in [0, 0.05) is 63.3 Å². The second-order valence-electron chi connectivity index (χ2n) is 14.7. The number of benzene rings is 2.